The van der Waals surface area contributed by atoms with Crippen LogP contribution in [-0.2, 0) is 6.42 Å². The molecule has 3 aromatic rings. The average Bonchev–Trinajstić information content (AvgIpc) is 3.28. The molecule has 1 aromatic heterocycles. The van der Waals surface area contributed by atoms with Gasteiger partial charge in [0.2, 0.25) is 11.7 Å². The van der Waals surface area contributed by atoms with E-state index in [2.05, 4.69) is 16.4 Å². The third-order valence-corrected chi connectivity index (χ3v) is 5.50. The van der Waals surface area contributed by atoms with E-state index >= 15 is 0 Å². The number of benzene rings is 2. The van der Waals surface area contributed by atoms with Crippen LogP contribution in [0.15, 0.2) is 42.5 Å². The Hall–Kier alpha value is -3.72. The second-order valence-electron chi connectivity index (χ2n) is 7.46. The van der Waals surface area contributed by atoms with Crippen LogP contribution in [0.1, 0.15) is 29.4 Å². The smallest absolute Gasteiger partial charge is 0.226 e. The van der Waals surface area contributed by atoms with E-state index in [4.69, 9.17) is 24.0 Å². The van der Waals surface area contributed by atoms with Crippen LogP contribution in [0.2, 0.25) is 0 Å². The predicted molar refractivity (Wildman–Crippen MR) is 124 cm³/mol. The Labute approximate surface area is 192 Å². The van der Waals surface area contributed by atoms with Gasteiger partial charge in [-0.2, -0.15) is 10.1 Å². The lowest BCUT2D eigenvalue weighted by Crippen LogP contribution is -2.20. The van der Waals surface area contributed by atoms with E-state index in [-0.39, 0.29) is 12.6 Å². The number of methoxy groups -OCH3 is 4. The third-order valence-electron chi connectivity index (χ3n) is 5.50. The Balaban J connectivity index is 1.82. The maximum absolute atomic E-state index is 9.22. The van der Waals surface area contributed by atoms with Crippen molar-refractivity contribution in [3.8, 4) is 23.0 Å². The first-order valence-electron chi connectivity index (χ1n) is 10.6. The summed E-state index contributed by atoms with van der Waals surface area (Å²) >= 11 is 0. The van der Waals surface area contributed by atoms with E-state index < -0.39 is 0 Å². The molecule has 1 aliphatic rings. The lowest BCUT2D eigenvalue weighted by Gasteiger charge is -2.25. The zero-order valence-electron chi connectivity index (χ0n) is 19.2. The highest BCUT2D eigenvalue weighted by Crippen LogP contribution is 2.42. The van der Waals surface area contributed by atoms with E-state index in [9.17, 15) is 5.11 Å². The molecule has 4 rings (SSSR count). The van der Waals surface area contributed by atoms with Gasteiger partial charge in [-0.25, -0.2) is 4.68 Å². The Morgan fingerprint density at radius 2 is 1.67 bits per heavy atom. The van der Waals surface area contributed by atoms with Crippen LogP contribution in [0.3, 0.4) is 0 Å². The van der Waals surface area contributed by atoms with Crippen molar-refractivity contribution >= 4 is 11.6 Å². The van der Waals surface area contributed by atoms with Gasteiger partial charge in [-0.3, -0.25) is 0 Å². The molecular weight excluding hydrogens is 424 g/mol. The van der Waals surface area contributed by atoms with Gasteiger partial charge in [-0.15, -0.1) is 0 Å². The van der Waals surface area contributed by atoms with E-state index in [0.717, 1.165) is 22.6 Å². The maximum Gasteiger partial charge on any atom is 0.226 e. The van der Waals surface area contributed by atoms with Gasteiger partial charge in [-0.1, -0.05) is 0 Å². The summed E-state index contributed by atoms with van der Waals surface area (Å²) < 4.78 is 23.7. The van der Waals surface area contributed by atoms with Crippen LogP contribution >= 0.6 is 0 Å². The number of nitrogens with one attached hydrogen (secondary N) is 1. The highest BCUT2D eigenvalue weighted by molar-refractivity contribution is 5.77. The number of aryl methyl sites for hydroxylation is 1. The summed E-state index contributed by atoms with van der Waals surface area (Å²) in [5.41, 5.74) is 2.78. The van der Waals surface area contributed by atoms with E-state index in [1.165, 1.54) is 0 Å². The first-order valence-corrected chi connectivity index (χ1v) is 10.6. The molecule has 33 heavy (non-hydrogen) atoms. The molecule has 0 amide bonds. The second kappa shape index (κ2) is 9.83. The fourth-order valence-corrected chi connectivity index (χ4v) is 3.83. The van der Waals surface area contributed by atoms with E-state index in [0.29, 0.717) is 41.9 Å². The number of nitrogens with zero attached hydrogens (tertiary/aromatic N) is 3. The van der Waals surface area contributed by atoms with Crippen molar-refractivity contribution in [2.24, 2.45) is 0 Å². The summed E-state index contributed by atoms with van der Waals surface area (Å²) in [6, 6.07) is 11.4. The minimum absolute atomic E-state index is 0.0863. The first kappa shape index (κ1) is 22.5. The van der Waals surface area contributed by atoms with Gasteiger partial charge in [0.15, 0.2) is 17.3 Å². The van der Waals surface area contributed by atoms with Crippen molar-refractivity contribution in [3.05, 3.63) is 59.4 Å². The van der Waals surface area contributed by atoms with Gasteiger partial charge < -0.3 is 29.4 Å². The number of rotatable bonds is 9. The van der Waals surface area contributed by atoms with Gasteiger partial charge in [0.05, 0.1) is 28.4 Å². The van der Waals surface area contributed by atoms with Crippen LogP contribution in [-0.4, -0.2) is 54.9 Å². The lowest BCUT2D eigenvalue weighted by atomic mass is 10.0. The number of anilines is 1. The molecular formula is C24H28N4O5. The van der Waals surface area contributed by atoms with E-state index in [1.54, 1.807) is 28.4 Å². The molecule has 0 saturated carbocycles. The normalized spacial score (nSPS) is 14.7. The average molecular weight is 453 g/mol. The number of hydrogen-bond donors (Lipinski definition) is 2. The second-order valence-corrected chi connectivity index (χ2v) is 7.46. The van der Waals surface area contributed by atoms with Crippen LogP contribution < -0.4 is 24.3 Å². The summed E-state index contributed by atoms with van der Waals surface area (Å²) in [6.45, 7) is 0.0863. The number of fused-ring (bicyclic) bond motifs is 1. The molecule has 0 saturated heterocycles. The highest BCUT2D eigenvalue weighted by atomic mass is 16.5. The topological polar surface area (TPSA) is 99.9 Å². The summed E-state index contributed by atoms with van der Waals surface area (Å²) in [5.74, 6) is 3.72. The Kier molecular flexibility index (Phi) is 6.69. The minimum atomic E-state index is -0.276. The Morgan fingerprint density at radius 1 is 0.970 bits per heavy atom. The SMILES string of the molecule is COc1ccc(C2=C[C@H](c3cc(OC)c(OC)c(OC)c3)n3nc(CCCO)nc3N2)cc1. The van der Waals surface area contributed by atoms with Gasteiger partial charge in [0.25, 0.3) is 0 Å². The van der Waals surface area contributed by atoms with Crippen LogP contribution in [0, 0.1) is 0 Å². The zero-order chi connectivity index (χ0) is 23.4. The van der Waals surface area contributed by atoms with Crippen LogP contribution in [0.5, 0.6) is 23.0 Å². The summed E-state index contributed by atoms with van der Waals surface area (Å²) in [4.78, 5) is 4.67. The van der Waals surface area contributed by atoms with Crippen molar-refractivity contribution in [2.75, 3.05) is 40.4 Å². The number of aliphatic hydroxyl groups excluding tert-OH is 1. The molecule has 0 aliphatic carbocycles. The van der Waals surface area contributed by atoms with E-state index in [1.807, 2.05) is 41.1 Å². The molecule has 1 aliphatic heterocycles. The molecule has 0 radical (unpaired) electrons. The lowest BCUT2D eigenvalue weighted by molar-refractivity contribution is 0.287. The molecule has 9 heteroatoms. The van der Waals surface area contributed by atoms with Crippen LogP contribution in [0.4, 0.5) is 5.95 Å². The van der Waals surface area contributed by atoms with Crippen molar-refractivity contribution in [1.29, 1.82) is 0 Å². The zero-order valence-corrected chi connectivity index (χ0v) is 19.2. The maximum atomic E-state index is 9.22. The number of hydrogen-bond acceptors (Lipinski definition) is 8. The third kappa shape index (κ3) is 4.45. The minimum Gasteiger partial charge on any atom is -0.497 e. The molecule has 1 atom stereocenters. The standard InChI is InChI=1S/C24H28N4O5/c1-30-17-9-7-15(8-10-17)18-14-19(28-24(25-18)26-22(27-28)6-5-11-29)16-12-20(31-2)23(33-4)21(13-16)32-3/h7-10,12-14,19,29H,5-6,11H2,1-4H3,(H,25,26,27)/t19-/m1/s1. The number of aromatic nitrogens is 3. The van der Waals surface area contributed by atoms with Gasteiger partial charge in [0, 0.05) is 18.7 Å². The molecule has 174 valence electrons. The Morgan fingerprint density at radius 3 is 2.24 bits per heavy atom. The molecule has 9 nitrogen and oxygen atoms in total. The van der Waals surface area contributed by atoms with Gasteiger partial charge in [-0.05, 0) is 60.0 Å². The number of aliphatic hydroxyl groups is 1. The quantitative estimate of drug-likeness (QED) is 0.510. The largest absolute Gasteiger partial charge is 0.497 e. The summed E-state index contributed by atoms with van der Waals surface area (Å²) in [7, 11) is 6.41. The first-order chi connectivity index (χ1) is 16.1. The van der Waals surface area contributed by atoms with Crippen molar-refractivity contribution in [2.45, 2.75) is 18.9 Å². The summed E-state index contributed by atoms with van der Waals surface area (Å²) in [5, 5.41) is 17.3. The predicted octanol–water partition coefficient (Wildman–Crippen LogP) is 3.29. The number of ether oxygens (including phenoxy) is 4. The van der Waals surface area contributed by atoms with Crippen LogP contribution in [0.25, 0.3) is 5.70 Å². The molecule has 0 unspecified atom stereocenters. The number of allylic oxidation sites excluding steroid dienone is 1. The summed E-state index contributed by atoms with van der Waals surface area (Å²) in [6.07, 6.45) is 3.26. The molecule has 2 N–H and O–H groups in total. The monoisotopic (exact) mass is 452 g/mol. The molecule has 0 bridgehead atoms. The molecule has 2 heterocycles. The molecule has 0 fully saturated rings. The van der Waals surface area contributed by atoms with Crippen molar-refractivity contribution in [1.82, 2.24) is 14.8 Å². The highest BCUT2D eigenvalue weighted by Gasteiger charge is 2.27. The van der Waals surface area contributed by atoms with Crippen molar-refractivity contribution in [3.63, 3.8) is 0 Å². The molecule has 0 spiro atoms. The fraction of sp³-hybridized carbons (Fsp3) is 0.333. The van der Waals surface area contributed by atoms with Gasteiger partial charge in [0.1, 0.15) is 11.8 Å². The fourth-order valence-electron chi connectivity index (χ4n) is 3.83. The molecule has 2 aromatic carbocycles. The van der Waals surface area contributed by atoms with Gasteiger partial charge >= 0.3 is 0 Å². The Bertz CT molecular complexity index is 1120. The van der Waals surface area contributed by atoms with Crippen molar-refractivity contribution < 1.29 is 24.1 Å².